The highest BCUT2D eigenvalue weighted by atomic mass is 32.2. The maximum Gasteiger partial charge on any atom is 0.277 e. The first kappa shape index (κ1) is 18.9. The molecule has 4 heteroatoms. The van der Waals surface area contributed by atoms with Crippen molar-refractivity contribution in [3.8, 4) is 0 Å². The Labute approximate surface area is 146 Å². The van der Waals surface area contributed by atoms with Crippen LogP contribution in [0.5, 0.6) is 0 Å². The molecule has 0 saturated heterocycles. The van der Waals surface area contributed by atoms with E-state index < -0.39 is 14.9 Å². The Morgan fingerprint density at radius 1 is 1.00 bits per heavy atom. The van der Waals surface area contributed by atoms with Crippen molar-refractivity contribution < 1.29 is 13.0 Å². The molecule has 3 nitrogen and oxygen atoms in total. The zero-order valence-electron chi connectivity index (χ0n) is 15.2. The lowest BCUT2D eigenvalue weighted by Crippen LogP contribution is -2.32. The lowest BCUT2D eigenvalue weighted by Gasteiger charge is -2.33. The van der Waals surface area contributed by atoms with Gasteiger partial charge in [-0.2, -0.15) is 8.42 Å². The van der Waals surface area contributed by atoms with Gasteiger partial charge in [-0.1, -0.05) is 76.3 Å². The van der Waals surface area contributed by atoms with E-state index in [9.17, 15) is 13.0 Å². The second kappa shape index (κ2) is 6.16. The van der Waals surface area contributed by atoms with Gasteiger partial charge in [-0.15, -0.1) is 0 Å². The molecule has 0 fully saturated rings. The third kappa shape index (κ3) is 3.35. The largest absolute Gasteiger partial charge is 0.285 e. The van der Waals surface area contributed by atoms with Crippen LogP contribution < -0.4 is 0 Å². The molecule has 0 aromatic heterocycles. The first-order valence-electron chi connectivity index (χ1n) is 8.48. The molecule has 3 unspecified atom stereocenters. The summed E-state index contributed by atoms with van der Waals surface area (Å²) in [5, 5.41) is 0. The van der Waals surface area contributed by atoms with Gasteiger partial charge in [0.05, 0.1) is 0 Å². The Kier molecular flexibility index (Phi) is 4.86. The Bertz CT molecular complexity index is 767. The fourth-order valence-corrected chi connectivity index (χ4v) is 3.53. The van der Waals surface area contributed by atoms with Gasteiger partial charge in [-0.05, 0) is 30.9 Å². The van der Waals surface area contributed by atoms with Gasteiger partial charge in [0.15, 0.2) is 0 Å². The molecule has 0 aromatic carbocycles. The van der Waals surface area contributed by atoms with Gasteiger partial charge in [0.25, 0.3) is 10.1 Å². The van der Waals surface area contributed by atoms with Gasteiger partial charge >= 0.3 is 0 Å². The summed E-state index contributed by atoms with van der Waals surface area (Å²) in [5.41, 5.74) is 1.81. The summed E-state index contributed by atoms with van der Waals surface area (Å²) in [4.78, 5) is 0. The Morgan fingerprint density at radius 3 is 2.21 bits per heavy atom. The average Bonchev–Trinajstić information content (AvgIpc) is 2.68. The summed E-state index contributed by atoms with van der Waals surface area (Å²) in [6, 6.07) is 0. The SMILES string of the molecule is CCC1(C)C=CC=C2C(=C1)/C=C\C(C)(S(=O)(=O)O)/C=C\C2(C)CC. The molecule has 1 N–H and O–H groups in total. The summed E-state index contributed by atoms with van der Waals surface area (Å²) in [6.07, 6.45) is 17.4. The maximum atomic E-state index is 11.9. The molecule has 0 radical (unpaired) electrons. The molecule has 0 aliphatic heterocycles. The van der Waals surface area contributed by atoms with Gasteiger partial charge in [0.1, 0.15) is 4.75 Å². The van der Waals surface area contributed by atoms with Crippen molar-refractivity contribution in [3.05, 3.63) is 59.8 Å². The summed E-state index contributed by atoms with van der Waals surface area (Å²) in [7, 11) is -4.24. The number of rotatable bonds is 3. The monoisotopic (exact) mass is 348 g/mol. The van der Waals surface area contributed by atoms with Crippen LogP contribution in [0.1, 0.15) is 47.5 Å². The minimum atomic E-state index is -4.24. The van der Waals surface area contributed by atoms with Crippen LogP contribution in [0.25, 0.3) is 0 Å². The van der Waals surface area contributed by atoms with Crippen LogP contribution in [0.15, 0.2) is 59.8 Å². The molecule has 0 heterocycles. The minimum absolute atomic E-state index is 0.0794. The van der Waals surface area contributed by atoms with Crippen molar-refractivity contribution in [1.29, 1.82) is 0 Å². The van der Waals surface area contributed by atoms with E-state index in [2.05, 4.69) is 52.0 Å². The second-order valence-electron chi connectivity index (χ2n) is 7.50. The molecule has 0 aromatic rings. The van der Waals surface area contributed by atoms with Crippen LogP contribution >= 0.6 is 0 Å². The summed E-state index contributed by atoms with van der Waals surface area (Å²) >= 11 is 0. The molecule has 2 rings (SSSR count). The van der Waals surface area contributed by atoms with Gasteiger partial charge in [0, 0.05) is 10.8 Å². The standard InChI is InChI=1S/C20H28O3S/c1-6-18(3)11-8-9-17-16(15-18)10-12-20(5,24(21,22)23)14-13-19(17,4)7-2/h8-15H,6-7H2,1-5H3,(H,21,22,23)/b12-10-,14-13-. The van der Waals surface area contributed by atoms with E-state index in [0.29, 0.717) is 0 Å². The lowest BCUT2D eigenvalue weighted by atomic mass is 9.73. The summed E-state index contributed by atoms with van der Waals surface area (Å²) in [5.74, 6) is 0. The van der Waals surface area contributed by atoms with Crippen LogP contribution in [0.2, 0.25) is 0 Å². The molecule has 0 bridgehead atoms. The quantitative estimate of drug-likeness (QED) is 0.576. The number of fused-ring (bicyclic) bond motifs is 1. The molecule has 2 aliphatic carbocycles. The molecule has 3 atom stereocenters. The van der Waals surface area contributed by atoms with E-state index in [-0.39, 0.29) is 10.8 Å². The van der Waals surface area contributed by atoms with Crippen molar-refractivity contribution in [1.82, 2.24) is 0 Å². The molecular weight excluding hydrogens is 320 g/mol. The van der Waals surface area contributed by atoms with Gasteiger partial charge in [-0.3, -0.25) is 4.55 Å². The van der Waals surface area contributed by atoms with E-state index in [1.807, 2.05) is 12.2 Å². The maximum absolute atomic E-state index is 11.9. The lowest BCUT2D eigenvalue weighted by molar-refractivity contribution is 0.461. The first-order chi connectivity index (χ1) is 11.0. The van der Waals surface area contributed by atoms with Gasteiger partial charge in [-0.25, -0.2) is 0 Å². The predicted molar refractivity (Wildman–Crippen MR) is 100 cm³/mol. The van der Waals surface area contributed by atoms with Crippen molar-refractivity contribution in [3.63, 3.8) is 0 Å². The molecule has 2 aliphatic rings. The van der Waals surface area contributed by atoms with E-state index >= 15 is 0 Å². The van der Waals surface area contributed by atoms with E-state index in [1.165, 1.54) is 12.5 Å². The van der Waals surface area contributed by atoms with E-state index in [0.717, 1.165) is 18.4 Å². The van der Waals surface area contributed by atoms with Gasteiger partial charge in [0.2, 0.25) is 0 Å². The predicted octanol–water partition coefficient (Wildman–Crippen LogP) is 5.01. The zero-order valence-corrected chi connectivity index (χ0v) is 16.0. The Balaban J connectivity index is 2.73. The highest BCUT2D eigenvalue weighted by Gasteiger charge is 2.37. The summed E-state index contributed by atoms with van der Waals surface area (Å²) < 4.78 is 32.0. The zero-order chi connectivity index (χ0) is 18.2. The number of hydrogen-bond acceptors (Lipinski definition) is 2. The first-order valence-corrected chi connectivity index (χ1v) is 9.92. The van der Waals surface area contributed by atoms with Crippen LogP contribution in [0.4, 0.5) is 0 Å². The third-order valence-electron chi connectivity index (χ3n) is 5.58. The van der Waals surface area contributed by atoms with Crippen LogP contribution in [0, 0.1) is 10.8 Å². The second-order valence-corrected chi connectivity index (χ2v) is 9.32. The van der Waals surface area contributed by atoms with Gasteiger partial charge < -0.3 is 0 Å². The minimum Gasteiger partial charge on any atom is -0.285 e. The molecule has 0 spiro atoms. The number of hydrogen-bond donors (Lipinski definition) is 1. The summed E-state index contributed by atoms with van der Waals surface area (Å²) in [6.45, 7) is 10.0. The Morgan fingerprint density at radius 2 is 1.67 bits per heavy atom. The topological polar surface area (TPSA) is 54.4 Å². The van der Waals surface area contributed by atoms with Crippen LogP contribution in [-0.2, 0) is 10.1 Å². The third-order valence-corrected chi connectivity index (χ3v) is 6.96. The van der Waals surface area contributed by atoms with Crippen molar-refractivity contribution in [2.45, 2.75) is 52.2 Å². The van der Waals surface area contributed by atoms with Crippen molar-refractivity contribution in [2.75, 3.05) is 0 Å². The molecule has 0 amide bonds. The number of allylic oxidation sites excluding steroid dienone is 8. The van der Waals surface area contributed by atoms with E-state index in [4.69, 9.17) is 0 Å². The van der Waals surface area contributed by atoms with Crippen molar-refractivity contribution >= 4 is 10.1 Å². The van der Waals surface area contributed by atoms with E-state index in [1.54, 1.807) is 12.2 Å². The highest BCUT2D eigenvalue weighted by molar-refractivity contribution is 7.87. The highest BCUT2D eigenvalue weighted by Crippen LogP contribution is 2.44. The molecule has 0 saturated carbocycles. The average molecular weight is 349 g/mol. The molecular formula is C20H28O3S. The van der Waals surface area contributed by atoms with Crippen LogP contribution in [0.3, 0.4) is 0 Å². The van der Waals surface area contributed by atoms with Crippen LogP contribution in [-0.4, -0.2) is 17.7 Å². The molecule has 132 valence electrons. The Hall–Kier alpha value is -1.39. The smallest absolute Gasteiger partial charge is 0.277 e. The molecule has 24 heavy (non-hydrogen) atoms. The fraction of sp³-hybridized carbons (Fsp3) is 0.500. The van der Waals surface area contributed by atoms with Crippen molar-refractivity contribution in [2.24, 2.45) is 10.8 Å². The normalized spacial score (nSPS) is 38.9. The fourth-order valence-electron chi connectivity index (χ4n) is 3.05.